The van der Waals surface area contributed by atoms with Crippen LogP contribution in [0.3, 0.4) is 0 Å². The number of halogens is 2. The van der Waals surface area contributed by atoms with E-state index in [1.54, 1.807) is 0 Å². The van der Waals surface area contributed by atoms with Crippen molar-refractivity contribution in [3.8, 4) is 0 Å². The third kappa shape index (κ3) is 3.17. The van der Waals surface area contributed by atoms with Crippen LogP contribution in [0, 0.1) is 23.5 Å². The quantitative estimate of drug-likeness (QED) is 0.586. The second-order valence-electron chi connectivity index (χ2n) is 5.74. The molecule has 0 amide bonds. The summed E-state index contributed by atoms with van der Waals surface area (Å²) < 4.78 is 27.2. The lowest BCUT2D eigenvalue weighted by Crippen LogP contribution is -2.36. The molecule has 0 saturated heterocycles. The highest BCUT2D eigenvalue weighted by atomic mass is 19.1. The van der Waals surface area contributed by atoms with Gasteiger partial charge < -0.3 is 10.7 Å². The van der Waals surface area contributed by atoms with E-state index in [9.17, 15) is 8.78 Å². The van der Waals surface area contributed by atoms with Gasteiger partial charge in [-0.05, 0) is 24.7 Å². The molecule has 1 saturated carbocycles. The maximum absolute atomic E-state index is 13.8. The summed E-state index contributed by atoms with van der Waals surface area (Å²) >= 11 is 0. The van der Waals surface area contributed by atoms with Gasteiger partial charge in [0.2, 0.25) is 0 Å². The fraction of sp³-hybridized carbons (Fsp3) is 0.643. The molecule has 1 heterocycles. The van der Waals surface area contributed by atoms with Crippen molar-refractivity contribution in [2.45, 2.75) is 45.6 Å². The first-order valence-electron chi connectivity index (χ1n) is 7.12. The Bertz CT molecular complexity index is 465. The van der Waals surface area contributed by atoms with Crippen LogP contribution in [0.2, 0.25) is 0 Å². The minimum Gasteiger partial charge on any atom is -0.365 e. The van der Waals surface area contributed by atoms with Gasteiger partial charge in [0.1, 0.15) is 0 Å². The van der Waals surface area contributed by atoms with E-state index in [1.165, 1.54) is 6.42 Å². The minimum absolute atomic E-state index is 0.0666. The average molecular weight is 284 g/mol. The van der Waals surface area contributed by atoms with Crippen LogP contribution in [-0.2, 0) is 0 Å². The minimum atomic E-state index is -0.792. The SMILES string of the molecule is CC(C)C1CCCCC1Nc1nc(NN)c(F)cc1F. The van der Waals surface area contributed by atoms with Crippen molar-refractivity contribution >= 4 is 11.6 Å². The van der Waals surface area contributed by atoms with Gasteiger partial charge in [-0.1, -0.05) is 26.7 Å². The van der Waals surface area contributed by atoms with Crippen molar-refractivity contribution in [2.75, 3.05) is 10.7 Å². The van der Waals surface area contributed by atoms with Gasteiger partial charge in [-0.3, -0.25) is 0 Å². The van der Waals surface area contributed by atoms with Crippen molar-refractivity contribution in [1.29, 1.82) is 0 Å². The number of nitrogens with zero attached hydrogens (tertiary/aromatic N) is 1. The molecule has 1 aliphatic carbocycles. The Kier molecular flexibility index (Phi) is 4.75. The zero-order valence-electron chi connectivity index (χ0n) is 11.9. The molecule has 4 nitrogen and oxygen atoms in total. The zero-order chi connectivity index (χ0) is 14.7. The summed E-state index contributed by atoms with van der Waals surface area (Å²) in [4.78, 5) is 3.88. The van der Waals surface area contributed by atoms with E-state index in [2.05, 4.69) is 29.6 Å². The van der Waals surface area contributed by atoms with Gasteiger partial charge >= 0.3 is 0 Å². The number of aromatic nitrogens is 1. The Labute approximate surface area is 118 Å². The van der Waals surface area contributed by atoms with Crippen molar-refractivity contribution < 1.29 is 8.78 Å². The number of rotatable bonds is 4. The van der Waals surface area contributed by atoms with E-state index in [4.69, 9.17) is 5.84 Å². The molecule has 1 aliphatic rings. The lowest BCUT2D eigenvalue weighted by atomic mass is 9.78. The molecular weight excluding hydrogens is 262 g/mol. The summed E-state index contributed by atoms with van der Waals surface area (Å²) in [5, 5.41) is 3.13. The van der Waals surface area contributed by atoms with Crippen LogP contribution in [-0.4, -0.2) is 11.0 Å². The van der Waals surface area contributed by atoms with Crippen LogP contribution >= 0.6 is 0 Å². The number of pyridine rings is 1. The van der Waals surface area contributed by atoms with E-state index in [1.807, 2.05) is 0 Å². The number of hydrogen-bond donors (Lipinski definition) is 3. The smallest absolute Gasteiger partial charge is 0.178 e. The number of anilines is 2. The van der Waals surface area contributed by atoms with Crippen LogP contribution < -0.4 is 16.6 Å². The molecule has 0 bridgehead atoms. The fourth-order valence-electron chi connectivity index (χ4n) is 2.98. The van der Waals surface area contributed by atoms with Crippen LogP contribution in [0.4, 0.5) is 20.4 Å². The topological polar surface area (TPSA) is 63.0 Å². The van der Waals surface area contributed by atoms with Crippen LogP contribution in [0.5, 0.6) is 0 Å². The molecule has 2 rings (SSSR count). The van der Waals surface area contributed by atoms with Crippen molar-refractivity contribution in [1.82, 2.24) is 4.98 Å². The first kappa shape index (κ1) is 15.0. The number of hydrazine groups is 1. The molecule has 6 heteroatoms. The Balaban J connectivity index is 2.19. The molecule has 0 aromatic carbocycles. The normalized spacial score (nSPS) is 22.9. The predicted molar refractivity (Wildman–Crippen MR) is 76.2 cm³/mol. The molecule has 4 N–H and O–H groups in total. The van der Waals surface area contributed by atoms with Gasteiger partial charge in [-0.15, -0.1) is 0 Å². The van der Waals surface area contributed by atoms with E-state index in [0.717, 1.165) is 25.3 Å². The summed E-state index contributed by atoms with van der Waals surface area (Å²) in [6.45, 7) is 4.35. The highest BCUT2D eigenvalue weighted by Gasteiger charge is 2.28. The summed E-state index contributed by atoms with van der Waals surface area (Å²) in [5.41, 5.74) is 2.14. The molecule has 2 unspecified atom stereocenters. The van der Waals surface area contributed by atoms with E-state index in [-0.39, 0.29) is 17.7 Å². The largest absolute Gasteiger partial charge is 0.365 e. The molecule has 1 aromatic rings. The van der Waals surface area contributed by atoms with Gasteiger partial charge in [0.05, 0.1) is 0 Å². The van der Waals surface area contributed by atoms with Crippen molar-refractivity contribution in [2.24, 2.45) is 17.7 Å². The van der Waals surface area contributed by atoms with E-state index < -0.39 is 11.6 Å². The van der Waals surface area contributed by atoms with E-state index in [0.29, 0.717) is 11.8 Å². The highest BCUT2D eigenvalue weighted by Crippen LogP contribution is 2.32. The van der Waals surface area contributed by atoms with Gasteiger partial charge in [0.15, 0.2) is 23.3 Å². The zero-order valence-corrected chi connectivity index (χ0v) is 11.9. The summed E-state index contributed by atoms with van der Waals surface area (Å²) in [6, 6.07) is 0.972. The first-order chi connectivity index (χ1) is 9.52. The van der Waals surface area contributed by atoms with Gasteiger partial charge in [-0.2, -0.15) is 0 Å². The standard InChI is InChI=1S/C14H22F2N4/c1-8(2)9-5-3-4-6-12(9)18-13-10(15)7-11(16)14(19-13)20-17/h7-9,12H,3-6,17H2,1-2H3,(H2,18,19,20). The number of nitrogen functional groups attached to an aromatic ring is 1. The second kappa shape index (κ2) is 6.35. The predicted octanol–water partition coefficient (Wildman–Crippen LogP) is 3.27. The van der Waals surface area contributed by atoms with Gasteiger partial charge in [0.25, 0.3) is 0 Å². The molecule has 0 aliphatic heterocycles. The van der Waals surface area contributed by atoms with Crippen LogP contribution in [0.25, 0.3) is 0 Å². The summed E-state index contributed by atoms with van der Waals surface area (Å²) in [5.74, 6) is 4.61. The summed E-state index contributed by atoms with van der Waals surface area (Å²) in [6.07, 6.45) is 4.43. The molecule has 112 valence electrons. The fourth-order valence-corrected chi connectivity index (χ4v) is 2.98. The Hall–Kier alpha value is -1.43. The maximum Gasteiger partial charge on any atom is 0.178 e. The summed E-state index contributed by atoms with van der Waals surface area (Å²) in [7, 11) is 0. The lowest BCUT2D eigenvalue weighted by Gasteiger charge is -2.35. The molecule has 2 atom stereocenters. The Morgan fingerprint density at radius 2 is 1.85 bits per heavy atom. The monoisotopic (exact) mass is 284 g/mol. The lowest BCUT2D eigenvalue weighted by molar-refractivity contribution is 0.253. The molecule has 0 radical (unpaired) electrons. The molecular formula is C14H22F2N4. The molecule has 1 aromatic heterocycles. The number of nitrogens with two attached hydrogens (primary N) is 1. The van der Waals surface area contributed by atoms with Gasteiger partial charge in [0, 0.05) is 12.1 Å². The van der Waals surface area contributed by atoms with Crippen LogP contribution in [0.15, 0.2) is 6.07 Å². The average Bonchev–Trinajstić information content (AvgIpc) is 2.42. The third-order valence-corrected chi connectivity index (χ3v) is 4.06. The van der Waals surface area contributed by atoms with Crippen molar-refractivity contribution in [3.63, 3.8) is 0 Å². The molecule has 20 heavy (non-hydrogen) atoms. The second-order valence-corrected chi connectivity index (χ2v) is 5.74. The first-order valence-corrected chi connectivity index (χ1v) is 7.12. The van der Waals surface area contributed by atoms with Crippen LogP contribution in [0.1, 0.15) is 39.5 Å². The van der Waals surface area contributed by atoms with Crippen molar-refractivity contribution in [3.05, 3.63) is 17.7 Å². The Morgan fingerprint density at radius 3 is 2.50 bits per heavy atom. The van der Waals surface area contributed by atoms with Gasteiger partial charge in [-0.25, -0.2) is 19.6 Å². The number of hydrogen-bond acceptors (Lipinski definition) is 4. The number of nitrogens with one attached hydrogen (secondary N) is 2. The highest BCUT2D eigenvalue weighted by molar-refractivity contribution is 5.47. The third-order valence-electron chi connectivity index (χ3n) is 4.06. The van der Waals surface area contributed by atoms with E-state index >= 15 is 0 Å². The molecule has 1 fully saturated rings. The molecule has 0 spiro atoms. The maximum atomic E-state index is 13.8. The Morgan fingerprint density at radius 1 is 1.20 bits per heavy atom.